The number of hydrogen-bond donors (Lipinski definition) is 1. The summed E-state index contributed by atoms with van der Waals surface area (Å²) in [4.78, 5) is 8.42. The summed E-state index contributed by atoms with van der Waals surface area (Å²) in [7, 11) is 3.34. The van der Waals surface area contributed by atoms with E-state index >= 15 is 0 Å². The van der Waals surface area contributed by atoms with Crippen LogP contribution in [-0.4, -0.2) is 24.1 Å². The number of ether oxygens (including phenoxy) is 1. The Morgan fingerprint density at radius 2 is 2.00 bits per heavy atom. The average Bonchev–Trinajstić information content (AvgIpc) is 2.44. The van der Waals surface area contributed by atoms with Gasteiger partial charge in [-0.3, -0.25) is 4.98 Å². The van der Waals surface area contributed by atoms with Gasteiger partial charge in [-0.15, -0.1) is 0 Å². The minimum absolute atomic E-state index is 0.264. The molecule has 19 heavy (non-hydrogen) atoms. The summed E-state index contributed by atoms with van der Waals surface area (Å²) in [6.07, 6.45) is 3.16. The second-order valence-electron chi connectivity index (χ2n) is 4.17. The number of nitrogens with zero attached hydrogens (tertiary/aromatic N) is 2. The summed E-state index contributed by atoms with van der Waals surface area (Å²) in [5.41, 5.74) is 2.44. The van der Waals surface area contributed by atoms with Crippen molar-refractivity contribution in [2.75, 3.05) is 14.2 Å². The molecule has 4 nitrogen and oxygen atoms in total. The van der Waals surface area contributed by atoms with Crippen LogP contribution < -0.4 is 10.1 Å². The van der Waals surface area contributed by atoms with Crippen LogP contribution in [0.4, 0.5) is 4.39 Å². The summed E-state index contributed by atoms with van der Waals surface area (Å²) in [6, 6.07) is 4.43. The van der Waals surface area contributed by atoms with E-state index in [-0.39, 0.29) is 11.9 Å². The number of nitrogens with one attached hydrogen (secondary N) is 1. The monoisotopic (exact) mass is 261 g/mol. The lowest BCUT2D eigenvalue weighted by atomic mass is 9.98. The zero-order valence-electron chi connectivity index (χ0n) is 11.1. The standard InChI is InChI=1S/C14H16FN3O/c1-9-4-5-10(15)8-11(9)12(16-2)13-14(19-3)18-7-6-17-13/h4-8,12,16H,1-3H3. The number of hydrogen-bond acceptors (Lipinski definition) is 4. The van der Waals surface area contributed by atoms with Crippen molar-refractivity contribution in [1.82, 2.24) is 15.3 Å². The van der Waals surface area contributed by atoms with Gasteiger partial charge in [-0.2, -0.15) is 0 Å². The van der Waals surface area contributed by atoms with Gasteiger partial charge in [0, 0.05) is 12.4 Å². The molecular formula is C14H16FN3O. The largest absolute Gasteiger partial charge is 0.480 e. The van der Waals surface area contributed by atoms with Crippen LogP contribution in [0.1, 0.15) is 22.9 Å². The quantitative estimate of drug-likeness (QED) is 0.917. The maximum atomic E-state index is 13.4. The van der Waals surface area contributed by atoms with Crippen molar-refractivity contribution in [2.45, 2.75) is 13.0 Å². The van der Waals surface area contributed by atoms with Gasteiger partial charge in [0.05, 0.1) is 13.2 Å². The Morgan fingerprint density at radius 3 is 2.68 bits per heavy atom. The molecule has 0 amide bonds. The van der Waals surface area contributed by atoms with Crippen molar-refractivity contribution in [3.05, 3.63) is 53.2 Å². The highest BCUT2D eigenvalue weighted by molar-refractivity contribution is 5.37. The zero-order chi connectivity index (χ0) is 13.8. The molecule has 2 aromatic rings. The first kappa shape index (κ1) is 13.4. The Balaban J connectivity index is 2.53. The lowest BCUT2D eigenvalue weighted by Crippen LogP contribution is -2.21. The lowest BCUT2D eigenvalue weighted by molar-refractivity contribution is 0.384. The number of methoxy groups -OCH3 is 1. The van der Waals surface area contributed by atoms with E-state index in [2.05, 4.69) is 15.3 Å². The van der Waals surface area contributed by atoms with E-state index in [1.165, 1.54) is 12.1 Å². The molecule has 0 aliphatic rings. The molecule has 0 fully saturated rings. The third-order valence-corrected chi connectivity index (χ3v) is 3.00. The molecule has 5 heteroatoms. The number of benzene rings is 1. The van der Waals surface area contributed by atoms with Crippen LogP contribution in [-0.2, 0) is 0 Å². The van der Waals surface area contributed by atoms with E-state index in [0.717, 1.165) is 11.1 Å². The topological polar surface area (TPSA) is 47.0 Å². The Kier molecular flexibility index (Phi) is 4.06. The van der Waals surface area contributed by atoms with Gasteiger partial charge >= 0.3 is 0 Å². The molecular weight excluding hydrogens is 245 g/mol. The van der Waals surface area contributed by atoms with E-state index in [1.54, 1.807) is 32.6 Å². The average molecular weight is 261 g/mol. The molecule has 1 unspecified atom stereocenters. The van der Waals surface area contributed by atoms with E-state index in [9.17, 15) is 4.39 Å². The predicted octanol–water partition coefficient (Wildman–Crippen LogP) is 2.24. The predicted molar refractivity (Wildman–Crippen MR) is 70.6 cm³/mol. The zero-order valence-corrected chi connectivity index (χ0v) is 11.1. The normalized spacial score (nSPS) is 12.2. The van der Waals surface area contributed by atoms with Gasteiger partial charge < -0.3 is 10.1 Å². The highest BCUT2D eigenvalue weighted by Crippen LogP contribution is 2.28. The smallest absolute Gasteiger partial charge is 0.237 e. The third kappa shape index (κ3) is 2.71. The second kappa shape index (κ2) is 5.75. The number of aromatic nitrogens is 2. The molecule has 1 heterocycles. The van der Waals surface area contributed by atoms with Gasteiger partial charge in [0.1, 0.15) is 11.5 Å². The maximum Gasteiger partial charge on any atom is 0.237 e. The molecule has 0 radical (unpaired) electrons. The van der Waals surface area contributed by atoms with Crippen LogP contribution in [0.5, 0.6) is 5.88 Å². The van der Waals surface area contributed by atoms with E-state index < -0.39 is 0 Å². The molecule has 2 rings (SSSR count). The highest BCUT2D eigenvalue weighted by Gasteiger charge is 2.21. The molecule has 0 saturated heterocycles. The van der Waals surface area contributed by atoms with Crippen LogP contribution in [0.25, 0.3) is 0 Å². The molecule has 1 atom stereocenters. The number of rotatable bonds is 4. The summed E-state index contributed by atoms with van der Waals surface area (Å²) in [5, 5.41) is 3.13. The minimum atomic E-state index is -0.274. The second-order valence-corrected chi connectivity index (χ2v) is 4.17. The van der Waals surface area contributed by atoms with Gasteiger partial charge in [-0.25, -0.2) is 9.37 Å². The summed E-state index contributed by atoms with van der Waals surface area (Å²) in [5.74, 6) is 0.161. The van der Waals surface area contributed by atoms with Crippen molar-refractivity contribution in [3.8, 4) is 5.88 Å². The summed E-state index contributed by atoms with van der Waals surface area (Å²) in [6.45, 7) is 1.93. The first-order valence-electron chi connectivity index (χ1n) is 5.95. The van der Waals surface area contributed by atoms with Crippen LogP contribution in [0, 0.1) is 12.7 Å². The molecule has 0 bridgehead atoms. The third-order valence-electron chi connectivity index (χ3n) is 3.00. The molecule has 1 aromatic carbocycles. The summed E-state index contributed by atoms with van der Waals surface area (Å²) < 4.78 is 18.7. The summed E-state index contributed by atoms with van der Waals surface area (Å²) >= 11 is 0. The Morgan fingerprint density at radius 1 is 1.26 bits per heavy atom. The Hall–Kier alpha value is -2.01. The van der Waals surface area contributed by atoms with Gasteiger partial charge in [-0.1, -0.05) is 6.07 Å². The minimum Gasteiger partial charge on any atom is -0.480 e. The van der Waals surface area contributed by atoms with Crippen LogP contribution >= 0.6 is 0 Å². The first-order valence-corrected chi connectivity index (χ1v) is 5.95. The molecule has 0 aliphatic heterocycles. The van der Waals surface area contributed by atoms with E-state index in [4.69, 9.17) is 4.74 Å². The molecule has 1 aromatic heterocycles. The highest BCUT2D eigenvalue weighted by atomic mass is 19.1. The van der Waals surface area contributed by atoms with Crippen LogP contribution in [0.15, 0.2) is 30.6 Å². The SMILES string of the molecule is CNC(c1cc(F)ccc1C)c1nccnc1OC. The fourth-order valence-electron chi connectivity index (χ4n) is 2.05. The first-order chi connectivity index (χ1) is 9.17. The molecule has 100 valence electrons. The molecule has 0 spiro atoms. The van der Waals surface area contributed by atoms with Crippen LogP contribution in [0.3, 0.4) is 0 Å². The van der Waals surface area contributed by atoms with Crippen molar-refractivity contribution in [1.29, 1.82) is 0 Å². The molecule has 1 N–H and O–H groups in total. The molecule has 0 aliphatic carbocycles. The van der Waals surface area contributed by atoms with Crippen molar-refractivity contribution in [2.24, 2.45) is 0 Å². The maximum absolute atomic E-state index is 13.4. The van der Waals surface area contributed by atoms with E-state index in [0.29, 0.717) is 11.6 Å². The van der Waals surface area contributed by atoms with Gasteiger partial charge in [0.2, 0.25) is 5.88 Å². The fourth-order valence-corrected chi connectivity index (χ4v) is 2.05. The molecule has 0 saturated carbocycles. The Bertz CT molecular complexity index is 574. The van der Waals surface area contributed by atoms with Gasteiger partial charge in [-0.05, 0) is 37.2 Å². The van der Waals surface area contributed by atoms with Crippen molar-refractivity contribution >= 4 is 0 Å². The fraction of sp³-hybridized carbons (Fsp3) is 0.286. The van der Waals surface area contributed by atoms with Gasteiger partial charge in [0.15, 0.2) is 0 Å². The van der Waals surface area contributed by atoms with Gasteiger partial charge in [0.25, 0.3) is 0 Å². The Labute approximate surface area is 111 Å². The number of halogens is 1. The van der Waals surface area contributed by atoms with E-state index in [1.807, 2.05) is 6.92 Å². The van der Waals surface area contributed by atoms with Crippen LogP contribution in [0.2, 0.25) is 0 Å². The van der Waals surface area contributed by atoms with Crippen molar-refractivity contribution in [3.63, 3.8) is 0 Å². The lowest BCUT2D eigenvalue weighted by Gasteiger charge is -2.19. The van der Waals surface area contributed by atoms with Crippen molar-refractivity contribution < 1.29 is 9.13 Å². The number of aryl methyl sites for hydroxylation is 1.